The Morgan fingerprint density at radius 2 is 1.81 bits per heavy atom. The molecule has 8 heteroatoms. The van der Waals surface area contributed by atoms with E-state index in [9.17, 15) is 9.59 Å². The Morgan fingerprint density at radius 1 is 1.07 bits per heavy atom. The summed E-state index contributed by atoms with van der Waals surface area (Å²) in [6.45, 7) is 2.71. The Labute approximate surface area is 169 Å². The van der Waals surface area contributed by atoms with Crippen molar-refractivity contribution in [3.8, 4) is 0 Å². The van der Waals surface area contributed by atoms with Crippen LogP contribution in [-0.2, 0) is 16.1 Å². The van der Waals surface area contributed by atoms with Crippen LogP contribution in [0.5, 0.6) is 0 Å². The first-order chi connectivity index (χ1) is 13.1. The lowest BCUT2D eigenvalue weighted by molar-refractivity contribution is -0.114. The zero-order valence-electron chi connectivity index (χ0n) is 14.7. The smallest absolute Gasteiger partial charge is 0.236 e. The molecule has 2 N–H and O–H groups in total. The van der Waals surface area contributed by atoms with Crippen LogP contribution < -0.4 is 10.6 Å². The Hall–Kier alpha value is -2.32. The summed E-state index contributed by atoms with van der Waals surface area (Å²) in [6.07, 6.45) is 0. The first kappa shape index (κ1) is 19.4. The lowest BCUT2D eigenvalue weighted by Crippen LogP contribution is -2.20. The van der Waals surface area contributed by atoms with E-state index < -0.39 is 0 Å². The average Bonchev–Trinajstić information content (AvgIpc) is 2.98. The number of nitrogens with zero attached hydrogens (tertiary/aromatic N) is 2. The van der Waals surface area contributed by atoms with E-state index in [4.69, 9.17) is 0 Å². The van der Waals surface area contributed by atoms with Crippen LogP contribution in [0.15, 0.2) is 53.0 Å². The second-order valence-corrected chi connectivity index (χ2v) is 7.67. The summed E-state index contributed by atoms with van der Waals surface area (Å²) >= 11 is 4.62. The van der Waals surface area contributed by atoms with E-state index in [2.05, 4.69) is 31.5 Å². The first-order valence-electron chi connectivity index (χ1n) is 8.45. The number of aryl methyl sites for hydroxylation is 1. The number of thioether (sulfide) groups is 1. The van der Waals surface area contributed by atoms with Crippen molar-refractivity contribution in [3.63, 3.8) is 0 Å². The molecule has 1 heterocycles. The quantitative estimate of drug-likeness (QED) is 0.571. The van der Waals surface area contributed by atoms with Crippen molar-refractivity contribution in [2.45, 2.75) is 13.5 Å². The molecule has 0 atom stereocenters. The van der Waals surface area contributed by atoms with Gasteiger partial charge in [0.15, 0.2) is 0 Å². The highest BCUT2D eigenvalue weighted by Gasteiger charge is 2.12. The molecule has 140 valence electrons. The van der Waals surface area contributed by atoms with Gasteiger partial charge in [0.1, 0.15) is 0 Å². The summed E-state index contributed by atoms with van der Waals surface area (Å²) in [7, 11) is 0. The molecule has 0 saturated carbocycles. The van der Waals surface area contributed by atoms with Crippen molar-refractivity contribution < 1.29 is 9.59 Å². The highest BCUT2D eigenvalue weighted by Crippen LogP contribution is 2.20. The number of imidazole rings is 1. The minimum Gasteiger partial charge on any atom is -0.325 e. The molecule has 3 rings (SSSR count). The van der Waals surface area contributed by atoms with Crippen LogP contribution in [0.3, 0.4) is 0 Å². The van der Waals surface area contributed by atoms with Crippen molar-refractivity contribution in [2.24, 2.45) is 0 Å². The summed E-state index contributed by atoms with van der Waals surface area (Å²) in [5, 5.41) is 5.64. The maximum Gasteiger partial charge on any atom is 0.236 e. The molecule has 0 fully saturated rings. The van der Waals surface area contributed by atoms with Gasteiger partial charge in [-0.05, 0) is 37.3 Å². The van der Waals surface area contributed by atoms with Crippen molar-refractivity contribution in [2.75, 3.05) is 22.1 Å². The molecule has 0 radical (unpaired) electrons. The summed E-state index contributed by atoms with van der Waals surface area (Å²) < 4.78 is 2.85. The van der Waals surface area contributed by atoms with Gasteiger partial charge >= 0.3 is 0 Å². The molecule has 2 aromatic carbocycles. The number of hydrogen-bond acceptors (Lipinski definition) is 4. The van der Waals surface area contributed by atoms with Gasteiger partial charge in [-0.2, -0.15) is 0 Å². The van der Waals surface area contributed by atoms with Crippen molar-refractivity contribution in [1.82, 2.24) is 9.55 Å². The van der Waals surface area contributed by atoms with Crippen LogP contribution in [0, 0.1) is 0 Å². The fraction of sp³-hybridized carbons (Fsp3) is 0.211. The van der Waals surface area contributed by atoms with Gasteiger partial charge in [-0.25, -0.2) is 4.98 Å². The van der Waals surface area contributed by atoms with Gasteiger partial charge < -0.3 is 9.88 Å². The first-order valence-corrected chi connectivity index (χ1v) is 10.4. The molecule has 1 aromatic heterocycles. The van der Waals surface area contributed by atoms with Crippen LogP contribution in [0.2, 0.25) is 0 Å². The van der Waals surface area contributed by atoms with Gasteiger partial charge in [-0.15, -0.1) is 11.8 Å². The second kappa shape index (κ2) is 9.05. The monoisotopic (exact) mass is 446 g/mol. The Balaban J connectivity index is 1.51. The van der Waals surface area contributed by atoms with E-state index in [0.29, 0.717) is 12.5 Å². The average molecular weight is 447 g/mol. The topological polar surface area (TPSA) is 76.0 Å². The minimum absolute atomic E-state index is 0.147. The summed E-state index contributed by atoms with van der Waals surface area (Å²) in [5.41, 5.74) is 2.54. The molecule has 27 heavy (non-hydrogen) atoms. The number of carbonyl (C=O) groups is 2. The molecule has 0 bridgehead atoms. The van der Waals surface area contributed by atoms with Crippen molar-refractivity contribution >= 4 is 62.2 Å². The molecular weight excluding hydrogens is 428 g/mol. The van der Waals surface area contributed by atoms with Gasteiger partial charge in [0, 0.05) is 16.7 Å². The normalized spacial score (nSPS) is 10.7. The highest BCUT2D eigenvalue weighted by atomic mass is 79.9. The molecule has 0 unspecified atom stereocenters. The Kier molecular flexibility index (Phi) is 6.52. The third-order valence-electron chi connectivity index (χ3n) is 3.80. The van der Waals surface area contributed by atoms with Crippen LogP contribution >= 0.6 is 27.7 Å². The highest BCUT2D eigenvalue weighted by molar-refractivity contribution is 9.10. The Bertz CT molecular complexity index is 973. The maximum atomic E-state index is 12.2. The number of hydrogen-bond donors (Lipinski definition) is 2. The number of para-hydroxylation sites is 2. The van der Waals surface area contributed by atoms with E-state index in [0.717, 1.165) is 21.2 Å². The predicted molar refractivity (Wildman–Crippen MR) is 114 cm³/mol. The van der Waals surface area contributed by atoms with Crippen molar-refractivity contribution in [1.29, 1.82) is 0 Å². The number of amides is 2. The molecule has 0 spiro atoms. The molecule has 6 nitrogen and oxygen atoms in total. The molecule has 0 saturated heterocycles. The van der Waals surface area contributed by atoms with E-state index in [1.165, 1.54) is 11.8 Å². The summed E-state index contributed by atoms with van der Waals surface area (Å²) in [5.74, 6) is 0.581. The summed E-state index contributed by atoms with van der Waals surface area (Å²) in [4.78, 5) is 28.7. The number of anilines is 2. The van der Waals surface area contributed by atoms with Crippen molar-refractivity contribution in [3.05, 3.63) is 53.0 Å². The van der Waals surface area contributed by atoms with Gasteiger partial charge in [0.25, 0.3) is 0 Å². The fourth-order valence-corrected chi connectivity index (χ4v) is 3.67. The molecule has 0 aliphatic carbocycles. The van der Waals surface area contributed by atoms with Gasteiger partial charge in [0.05, 0.1) is 22.5 Å². The second-order valence-electron chi connectivity index (χ2n) is 5.77. The zero-order valence-corrected chi connectivity index (χ0v) is 17.1. The number of aromatic nitrogens is 2. The number of benzene rings is 2. The standard InChI is InChI=1S/C19H19BrN4O2S/c1-2-24-16-9-4-3-8-15(16)22-19(24)23-18(26)12-27-11-17(25)21-14-7-5-6-13(20)10-14/h3-10H,2,11-12H2,1H3,(H,21,25)(H,22,23,26). The molecule has 2 amide bonds. The fourth-order valence-electron chi connectivity index (χ4n) is 2.65. The summed E-state index contributed by atoms with van der Waals surface area (Å²) in [6, 6.07) is 15.1. The number of halogens is 1. The van der Waals surface area contributed by atoms with Gasteiger partial charge in [-0.3, -0.25) is 14.9 Å². The third kappa shape index (κ3) is 5.11. The van der Waals surface area contributed by atoms with E-state index >= 15 is 0 Å². The molecular formula is C19H19BrN4O2S. The number of fused-ring (bicyclic) bond motifs is 1. The maximum absolute atomic E-state index is 12.2. The van der Waals surface area contributed by atoms with E-state index in [-0.39, 0.29) is 23.3 Å². The predicted octanol–water partition coefficient (Wildman–Crippen LogP) is 4.13. The number of carbonyl (C=O) groups excluding carboxylic acids is 2. The van der Waals surface area contributed by atoms with Crippen LogP contribution in [-0.4, -0.2) is 32.9 Å². The lowest BCUT2D eigenvalue weighted by Gasteiger charge is -2.08. The van der Waals surface area contributed by atoms with Crippen LogP contribution in [0.25, 0.3) is 11.0 Å². The number of rotatable bonds is 7. The minimum atomic E-state index is -0.180. The van der Waals surface area contributed by atoms with Gasteiger partial charge in [-0.1, -0.05) is 34.1 Å². The zero-order chi connectivity index (χ0) is 19.2. The molecule has 0 aliphatic heterocycles. The molecule has 0 aliphatic rings. The van der Waals surface area contributed by atoms with E-state index in [1.807, 2.05) is 60.0 Å². The number of nitrogens with one attached hydrogen (secondary N) is 2. The largest absolute Gasteiger partial charge is 0.325 e. The van der Waals surface area contributed by atoms with Crippen LogP contribution in [0.1, 0.15) is 6.92 Å². The molecule has 3 aromatic rings. The SMILES string of the molecule is CCn1c(NC(=O)CSCC(=O)Nc2cccc(Br)c2)nc2ccccc21. The third-order valence-corrected chi connectivity index (χ3v) is 5.22. The van der Waals surface area contributed by atoms with Gasteiger partial charge in [0.2, 0.25) is 17.8 Å². The van der Waals surface area contributed by atoms with Crippen LogP contribution in [0.4, 0.5) is 11.6 Å². The lowest BCUT2D eigenvalue weighted by atomic mass is 10.3. The Morgan fingerprint density at radius 3 is 2.56 bits per heavy atom. The van der Waals surface area contributed by atoms with E-state index in [1.54, 1.807) is 0 Å².